The Morgan fingerprint density at radius 1 is 1.19 bits per heavy atom. The van der Waals surface area contributed by atoms with E-state index >= 15 is 0 Å². The number of fused-ring (bicyclic) bond motifs is 5. The second kappa shape index (κ2) is 4.48. The number of nitrogens with zero attached hydrogens (tertiary/aromatic N) is 2. The maximum atomic E-state index is 5.98. The first-order valence-corrected chi connectivity index (χ1v) is 6.84. The van der Waals surface area contributed by atoms with Crippen LogP contribution in [0.3, 0.4) is 0 Å². The highest BCUT2D eigenvalue weighted by Crippen LogP contribution is 2.43. The smallest absolute Gasteiger partial charge is 0.220 e. The fourth-order valence-electron chi connectivity index (χ4n) is 2.73. The van der Waals surface area contributed by atoms with Gasteiger partial charge in [0.2, 0.25) is 5.88 Å². The topological polar surface area (TPSA) is 57.4 Å². The lowest BCUT2D eigenvalue weighted by molar-refractivity contribution is 0.323. The molecule has 0 amide bonds. The normalized spacial score (nSPS) is 13.2. The highest BCUT2D eigenvalue weighted by atomic mass is 16.5. The molecule has 0 bridgehead atoms. The van der Waals surface area contributed by atoms with E-state index in [1.165, 1.54) is 0 Å². The van der Waals surface area contributed by atoms with Crippen LogP contribution in [0.5, 0.6) is 11.6 Å². The fraction of sp³-hybridized carbons (Fsp3) is 0.250. The lowest BCUT2D eigenvalue weighted by Gasteiger charge is -2.09. The summed E-state index contributed by atoms with van der Waals surface area (Å²) in [5, 5.41) is 0.968. The van der Waals surface area contributed by atoms with Crippen LogP contribution in [0, 0.1) is 6.92 Å². The third kappa shape index (κ3) is 1.77. The lowest BCUT2D eigenvalue weighted by Crippen LogP contribution is -2.04. The van der Waals surface area contributed by atoms with Gasteiger partial charge in [-0.15, -0.1) is 0 Å². The molecule has 5 nitrogen and oxygen atoms in total. The number of rotatable bonds is 1. The van der Waals surface area contributed by atoms with Crippen LogP contribution in [-0.2, 0) is 6.42 Å². The summed E-state index contributed by atoms with van der Waals surface area (Å²) in [6.07, 6.45) is 0.692. The highest BCUT2D eigenvalue weighted by molar-refractivity contribution is 5.91. The first kappa shape index (κ1) is 12.2. The van der Waals surface area contributed by atoms with E-state index in [4.69, 9.17) is 13.9 Å². The summed E-state index contributed by atoms with van der Waals surface area (Å²) in [6, 6.07) is 7.84. The number of hydrogen-bond donors (Lipinski definition) is 0. The Bertz CT molecular complexity index is 839. The molecule has 1 aliphatic rings. The van der Waals surface area contributed by atoms with Crippen molar-refractivity contribution in [3.8, 4) is 23.1 Å². The standard InChI is InChI=1S/C16H14N2O3/c1-9-17-13-11(16(18-9)19-2)7-8-20-14-10-5-3-4-6-12(10)21-15(13)14/h3-6H,7-8H2,1-2H3. The van der Waals surface area contributed by atoms with E-state index in [1.807, 2.05) is 31.2 Å². The van der Waals surface area contributed by atoms with E-state index in [0.717, 1.165) is 28.0 Å². The average molecular weight is 282 g/mol. The van der Waals surface area contributed by atoms with Gasteiger partial charge in [-0.2, -0.15) is 4.98 Å². The number of aryl methyl sites for hydroxylation is 1. The van der Waals surface area contributed by atoms with Crippen LogP contribution in [0.15, 0.2) is 28.7 Å². The van der Waals surface area contributed by atoms with Gasteiger partial charge in [0.15, 0.2) is 11.5 Å². The van der Waals surface area contributed by atoms with E-state index in [2.05, 4.69) is 9.97 Å². The Morgan fingerprint density at radius 2 is 2.05 bits per heavy atom. The lowest BCUT2D eigenvalue weighted by atomic mass is 10.1. The highest BCUT2D eigenvalue weighted by Gasteiger charge is 2.27. The molecule has 0 atom stereocenters. The molecule has 21 heavy (non-hydrogen) atoms. The molecule has 3 heterocycles. The fourth-order valence-corrected chi connectivity index (χ4v) is 2.73. The molecule has 0 spiro atoms. The Labute approximate surface area is 121 Å². The van der Waals surface area contributed by atoms with Gasteiger partial charge in [0.05, 0.1) is 19.1 Å². The van der Waals surface area contributed by atoms with Crippen LogP contribution in [0.1, 0.15) is 11.4 Å². The van der Waals surface area contributed by atoms with E-state index < -0.39 is 0 Å². The number of benzene rings is 1. The Kier molecular flexibility index (Phi) is 2.60. The van der Waals surface area contributed by atoms with E-state index in [1.54, 1.807) is 7.11 Å². The molecule has 106 valence electrons. The van der Waals surface area contributed by atoms with Gasteiger partial charge in [-0.25, -0.2) is 4.98 Å². The van der Waals surface area contributed by atoms with Crippen LogP contribution >= 0.6 is 0 Å². The van der Waals surface area contributed by atoms with Gasteiger partial charge in [0.25, 0.3) is 0 Å². The van der Waals surface area contributed by atoms with Gasteiger partial charge in [-0.3, -0.25) is 0 Å². The molecule has 0 fully saturated rings. The van der Waals surface area contributed by atoms with Crippen molar-refractivity contribution < 1.29 is 13.9 Å². The van der Waals surface area contributed by atoms with Gasteiger partial charge in [0.1, 0.15) is 17.1 Å². The van der Waals surface area contributed by atoms with Crippen molar-refractivity contribution >= 4 is 11.0 Å². The van der Waals surface area contributed by atoms with Crippen molar-refractivity contribution in [2.45, 2.75) is 13.3 Å². The predicted molar refractivity (Wildman–Crippen MR) is 77.7 cm³/mol. The van der Waals surface area contributed by atoms with Crippen molar-refractivity contribution in [1.29, 1.82) is 0 Å². The van der Waals surface area contributed by atoms with Gasteiger partial charge in [0, 0.05) is 12.0 Å². The minimum Gasteiger partial charge on any atom is -0.488 e. The summed E-state index contributed by atoms with van der Waals surface area (Å²) in [5.41, 5.74) is 2.49. The van der Waals surface area contributed by atoms with Crippen LogP contribution in [-0.4, -0.2) is 23.7 Å². The maximum absolute atomic E-state index is 5.98. The predicted octanol–water partition coefficient (Wildman–Crippen LogP) is 3.14. The average Bonchev–Trinajstić information content (AvgIpc) is 2.77. The van der Waals surface area contributed by atoms with Crippen LogP contribution < -0.4 is 9.47 Å². The minimum absolute atomic E-state index is 0.548. The second-order valence-electron chi connectivity index (χ2n) is 4.96. The van der Waals surface area contributed by atoms with Crippen molar-refractivity contribution in [2.24, 2.45) is 0 Å². The number of para-hydroxylation sites is 1. The molecule has 2 aromatic heterocycles. The molecule has 0 saturated heterocycles. The zero-order chi connectivity index (χ0) is 14.4. The van der Waals surface area contributed by atoms with Crippen molar-refractivity contribution in [1.82, 2.24) is 9.97 Å². The molecule has 0 unspecified atom stereocenters. The molecule has 1 aliphatic heterocycles. The molecule has 0 N–H and O–H groups in total. The SMILES string of the molecule is COc1nc(C)nc2c1CCOc1c-2oc2ccccc12. The van der Waals surface area contributed by atoms with Crippen molar-refractivity contribution in [3.63, 3.8) is 0 Å². The first-order valence-electron chi connectivity index (χ1n) is 6.84. The molecule has 0 radical (unpaired) electrons. The summed E-state index contributed by atoms with van der Waals surface area (Å²) >= 11 is 0. The Hall–Kier alpha value is -2.56. The number of ether oxygens (including phenoxy) is 2. The van der Waals surface area contributed by atoms with Gasteiger partial charge >= 0.3 is 0 Å². The van der Waals surface area contributed by atoms with Gasteiger partial charge in [-0.05, 0) is 19.1 Å². The van der Waals surface area contributed by atoms with Crippen LogP contribution in [0.4, 0.5) is 0 Å². The summed E-state index contributed by atoms with van der Waals surface area (Å²) in [4.78, 5) is 8.90. The largest absolute Gasteiger partial charge is 0.488 e. The second-order valence-corrected chi connectivity index (χ2v) is 4.96. The first-order chi connectivity index (χ1) is 10.3. The number of aromatic nitrogens is 2. The summed E-state index contributed by atoms with van der Waals surface area (Å²) in [7, 11) is 1.62. The molecule has 5 heteroatoms. The summed E-state index contributed by atoms with van der Waals surface area (Å²) < 4.78 is 17.3. The summed E-state index contributed by atoms with van der Waals surface area (Å²) in [6.45, 7) is 2.39. The van der Waals surface area contributed by atoms with Crippen LogP contribution in [0.2, 0.25) is 0 Å². The molecule has 0 aliphatic carbocycles. The van der Waals surface area contributed by atoms with Gasteiger partial charge < -0.3 is 13.9 Å². The van der Waals surface area contributed by atoms with Crippen molar-refractivity contribution in [2.75, 3.05) is 13.7 Å². The number of furan rings is 1. The molecule has 1 aromatic carbocycles. The molecule has 0 saturated carbocycles. The molecular formula is C16H14N2O3. The Balaban J connectivity index is 2.07. The third-order valence-corrected chi connectivity index (χ3v) is 3.64. The monoisotopic (exact) mass is 282 g/mol. The van der Waals surface area contributed by atoms with E-state index in [9.17, 15) is 0 Å². The number of methoxy groups -OCH3 is 1. The zero-order valence-corrected chi connectivity index (χ0v) is 11.8. The summed E-state index contributed by atoms with van der Waals surface area (Å²) in [5.74, 6) is 2.66. The molecular weight excluding hydrogens is 268 g/mol. The number of hydrogen-bond acceptors (Lipinski definition) is 5. The Morgan fingerprint density at radius 3 is 2.90 bits per heavy atom. The van der Waals surface area contributed by atoms with Crippen LogP contribution in [0.25, 0.3) is 22.4 Å². The quantitative estimate of drug-likeness (QED) is 0.686. The minimum atomic E-state index is 0.548. The van der Waals surface area contributed by atoms with E-state index in [-0.39, 0.29) is 0 Å². The zero-order valence-electron chi connectivity index (χ0n) is 11.8. The maximum Gasteiger partial charge on any atom is 0.220 e. The van der Waals surface area contributed by atoms with E-state index in [0.29, 0.717) is 30.5 Å². The molecule has 4 rings (SSSR count). The van der Waals surface area contributed by atoms with Crippen molar-refractivity contribution in [3.05, 3.63) is 35.7 Å². The molecule has 3 aromatic rings. The third-order valence-electron chi connectivity index (χ3n) is 3.64. The van der Waals surface area contributed by atoms with Gasteiger partial charge in [-0.1, -0.05) is 12.1 Å².